The fourth-order valence-electron chi connectivity index (χ4n) is 1.86. The van der Waals surface area contributed by atoms with Gasteiger partial charge in [0.25, 0.3) is 5.91 Å². The van der Waals surface area contributed by atoms with Crippen molar-refractivity contribution in [2.24, 2.45) is 0 Å². The molecule has 0 spiro atoms. The fraction of sp³-hybridized carbons (Fsp3) is 0.143. The van der Waals surface area contributed by atoms with Crippen molar-refractivity contribution < 1.29 is 18.0 Å². The summed E-state index contributed by atoms with van der Waals surface area (Å²) < 4.78 is 38.9. The number of hydrogen-bond donors (Lipinski definition) is 1. The molecule has 1 N–H and O–H groups in total. The summed E-state index contributed by atoms with van der Waals surface area (Å²) in [6, 6.07) is 5.59. The zero-order chi connectivity index (χ0) is 17.2. The summed E-state index contributed by atoms with van der Waals surface area (Å²) in [7, 11) is 0. The number of amides is 1. The quantitative estimate of drug-likeness (QED) is 0.783. The van der Waals surface area contributed by atoms with Gasteiger partial charge in [-0.3, -0.25) is 9.78 Å². The normalized spacial score (nSPS) is 11.5. The molecule has 0 unspecified atom stereocenters. The number of rotatable bonds is 4. The predicted octanol–water partition coefficient (Wildman–Crippen LogP) is 2.67. The number of pyridine rings is 1. The molecule has 10 heteroatoms. The van der Waals surface area contributed by atoms with E-state index >= 15 is 0 Å². The van der Waals surface area contributed by atoms with Crippen LogP contribution in [0.15, 0.2) is 42.0 Å². The number of carbonyl (C=O) groups is 1. The molecule has 0 aliphatic carbocycles. The van der Waals surface area contributed by atoms with Gasteiger partial charge in [0, 0.05) is 6.20 Å². The molecule has 0 atom stereocenters. The summed E-state index contributed by atoms with van der Waals surface area (Å²) >= 11 is 1.49. The molecule has 0 radical (unpaired) electrons. The van der Waals surface area contributed by atoms with Crippen LogP contribution in [0.1, 0.15) is 21.7 Å². The highest BCUT2D eigenvalue weighted by molar-refractivity contribution is 7.12. The summed E-state index contributed by atoms with van der Waals surface area (Å²) in [6.07, 6.45) is -1.98. The van der Waals surface area contributed by atoms with E-state index in [1.54, 1.807) is 10.9 Å². The Kier molecular flexibility index (Phi) is 4.30. The maximum Gasteiger partial charge on any atom is 0.433 e. The first kappa shape index (κ1) is 16.1. The Hall–Kier alpha value is -2.75. The molecule has 124 valence electrons. The van der Waals surface area contributed by atoms with E-state index in [0.29, 0.717) is 5.69 Å². The van der Waals surface area contributed by atoms with Crippen LogP contribution >= 0.6 is 11.3 Å². The monoisotopic (exact) mass is 353 g/mol. The highest BCUT2D eigenvalue weighted by atomic mass is 32.1. The third-order valence-electron chi connectivity index (χ3n) is 3.02. The third kappa shape index (κ3) is 3.59. The molecule has 1 amide bonds. The van der Waals surface area contributed by atoms with E-state index in [1.165, 1.54) is 11.3 Å². The van der Waals surface area contributed by atoms with Gasteiger partial charge < -0.3 is 5.32 Å². The van der Waals surface area contributed by atoms with Crippen LogP contribution in [-0.4, -0.2) is 25.9 Å². The van der Waals surface area contributed by atoms with Gasteiger partial charge in [0.05, 0.1) is 18.3 Å². The van der Waals surface area contributed by atoms with Gasteiger partial charge in [-0.25, -0.2) is 4.68 Å². The van der Waals surface area contributed by atoms with Crippen molar-refractivity contribution in [3.8, 4) is 5.00 Å². The van der Waals surface area contributed by atoms with Gasteiger partial charge in [-0.2, -0.15) is 13.2 Å². The number of hydrogen-bond acceptors (Lipinski definition) is 5. The summed E-state index contributed by atoms with van der Waals surface area (Å²) in [5.41, 5.74) is -0.483. The lowest BCUT2D eigenvalue weighted by Crippen LogP contribution is -2.23. The first-order chi connectivity index (χ1) is 11.4. The molecule has 0 aliphatic rings. The third-order valence-corrected chi connectivity index (χ3v) is 3.88. The lowest BCUT2D eigenvalue weighted by molar-refractivity contribution is -0.141. The van der Waals surface area contributed by atoms with Gasteiger partial charge in [-0.1, -0.05) is 5.21 Å². The smallest absolute Gasteiger partial charge is 0.346 e. The molecule has 6 nitrogen and oxygen atoms in total. The molecule has 0 saturated carbocycles. The van der Waals surface area contributed by atoms with E-state index in [1.807, 2.05) is 17.5 Å². The summed E-state index contributed by atoms with van der Waals surface area (Å²) in [5.74, 6) is -0.540. The van der Waals surface area contributed by atoms with Gasteiger partial charge in [-0.05, 0) is 29.6 Å². The highest BCUT2D eigenvalue weighted by Gasteiger charge is 2.32. The Morgan fingerprint density at radius 3 is 2.75 bits per heavy atom. The van der Waals surface area contributed by atoms with E-state index in [-0.39, 0.29) is 12.1 Å². The second-order valence-corrected chi connectivity index (χ2v) is 5.64. The first-order valence-electron chi connectivity index (χ1n) is 6.70. The summed E-state index contributed by atoms with van der Waals surface area (Å²) in [4.78, 5) is 15.2. The summed E-state index contributed by atoms with van der Waals surface area (Å²) in [6.45, 7) is 0.102. The topological polar surface area (TPSA) is 72.7 Å². The van der Waals surface area contributed by atoms with Crippen LogP contribution < -0.4 is 5.32 Å². The predicted molar refractivity (Wildman–Crippen MR) is 79.6 cm³/mol. The van der Waals surface area contributed by atoms with E-state index in [2.05, 4.69) is 20.6 Å². The first-order valence-corrected chi connectivity index (χ1v) is 7.58. The van der Waals surface area contributed by atoms with Crippen LogP contribution in [0.4, 0.5) is 13.2 Å². The molecule has 3 aromatic rings. The zero-order valence-corrected chi connectivity index (χ0v) is 12.8. The van der Waals surface area contributed by atoms with E-state index in [4.69, 9.17) is 0 Å². The molecule has 0 aromatic carbocycles. The molecular formula is C14H10F3N5OS. The lowest BCUT2D eigenvalue weighted by Gasteiger charge is -2.06. The Labute approximate surface area is 138 Å². The van der Waals surface area contributed by atoms with Crippen molar-refractivity contribution in [1.82, 2.24) is 25.3 Å². The standard InChI is InChI=1S/C14H10F3N5OS/c15-14(16,17)11-4-3-9(6-18-11)13(23)19-7-10-8-22(21-20-10)12-2-1-5-24-12/h1-6,8H,7H2,(H,19,23). The average Bonchev–Trinajstić information content (AvgIpc) is 3.23. The second-order valence-electron chi connectivity index (χ2n) is 4.72. The molecular weight excluding hydrogens is 343 g/mol. The van der Waals surface area contributed by atoms with Crippen LogP contribution in [0.2, 0.25) is 0 Å². The Bertz CT molecular complexity index is 827. The molecule has 3 heterocycles. The molecule has 3 aromatic heterocycles. The van der Waals surface area contributed by atoms with Gasteiger partial charge in [0.15, 0.2) is 0 Å². The number of nitrogens with one attached hydrogen (secondary N) is 1. The Balaban J connectivity index is 1.61. The molecule has 0 aliphatic heterocycles. The van der Waals surface area contributed by atoms with Crippen molar-refractivity contribution in [3.63, 3.8) is 0 Å². The number of nitrogens with zero attached hydrogens (tertiary/aromatic N) is 4. The molecule has 24 heavy (non-hydrogen) atoms. The zero-order valence-electron chi connectivity index (χ0n) is 12.0. The number of carbonyl (C=O) groups excluding carboxylic acids is 1. The minimum absolute atomic E-state index is 0.0358. The van der Waals surface area contributed by atoms with Crippen molar-refractivity contribution in [3.05, 3.63) is 59.0 Å². The average molecular weight is 353 g/mol. The van der Waals surface area contributed by atoms with Gasteiger partial charge in [0.2, 0.25) is 0 Å². The van der Waals surface area contributed by atoms with E-state index < -0.39 is 17.8 Å². The molecule has 3 rings (SSSR count). The van der Waals surface area contributed by atoms with Crippen molar-refractivity contribution in [2.75, 3.05) is 0 Å². The maximum absolute atomic E-state index is 12.4. The van der Waals surface area contributed by atoms with Crippen LogP contribution in [0.25, 0.3) is 5.00 Å². The SMILES string of the molecule is O=C(NCc1cn(-c2cccs2)nn1)c1ccc(C(F)(F)F)nc1. The van der Waals surface area contributed by atoms with Crippen LogP contribution in [0.3, 0.4) is 0 Å². The van der Waals surface area contributed by atoms with Gasteiger partial charge in [0.1, 0.15) is 16.4 Å². The van der Waals surface area contributed by atoms with Crippen LogP contribution in [0, 0.1) is 0 Å². The maximum atomic E-state index is 12.4. The number of alkyl halides is 3. The van der Waals surface area contributed by atoms with E-state index in [9.17, 15) is 18.0 Å². The lowest BCUT2D eigenvalue weighted by atomic mass is 10.2. The minimum Gasteiger partial charge on any atom is -0.346 e. The molecule has 0 bridgehead atoms. The second kappa shape index (κ2) is 6.40. The number of halogens is 3. The molecule has 0 fully saturated rings. The number of thiophene rings is 1. The van der Waals surface area contributed by atoms with Gasteiger partial charge in [-0.15, -0.1) is 16.4 Å². The Morgan fingerprint density at radius 1 is 1.29 bits per heavy atom. The number of aromatic nitrogens is 4. The van der Waals surface area contributed by atoms with Crippen LogP contribution in [-0.2, 0) is 12.7 Å². The van der Waals surface area contributed by atoms with E-state index in [0.717, 1.165) is 23.3 Å². The largest absolute Gasteiger partial charge is 0.433 e. The minimum atomic E-state index is -4.53. The van der Waals surface area contributed by atoms with Crippen LogP contribution in [0.5, 0.6) is 0 Å². The molecule has 0 saturated heterocycles. The van der Waals surface area contributed by atoms with Crippen molar-refractivity contribution in [2.45, 2.75) is 12.7 Å². The van der Waals surface area contributed by atoms with Gasteiger partial charge >= 0.3 is 6.18 Å². The fourth-order valence-corrected chi connectivity index (χ4v) is 2.51. The van der Waals surface area contributed by atoms with Crippen molar-refractivity contribution in [1.29, 1.82) is 0 Å². The summed E-state index contributed by atoms with van der Waals surface area (Å²) in [5, 5.41) is 13.2. The van der Waals surface area contributed by atoms with Crippen molar-refractivity contribution >= 4 is 17.2 Å². The highest BCUT2D eigenvalue weighted by Crippen LogP contribution is 2.27. The Morgan fingerprint density at radius 2 is 2.12 bits per heavy atom.